The van der Waals surface area contributed by atoms with Gasteiger partial charge in [-0.3, -0.25) is 0 Å². The van der Waals surface area contributed by atoms with Crippen molar-refractivity contribution in [2.45, 2.75) is 16.3 Å². The highest BCUT2D eigenvalue weighted by Gasteiger charge is 2.03. The van der Waals surface area contributed by atoms with Crippen LogP contribution in [0.1, 0.15) is 5.56 Å². The van der Waals surface area contributed by atoms with Crippen molar-refractivity contribution < 1.29 is 4.74 Å². The minimum absolute atomic E-state index is 0.731. The molecule has 1 N–H and O–H groups in total. The third-order valence-electron chi connectivity index (χ3n) is 2.87. The maximum atomic E-state index is 5.02. The molecule has 0 heterocycles. The predicted molar refractivity (Wildman–Crippen MR) is 96.0 cm³/mol. The molecule has 0 aliphatic carbocycles. The lowest BCUT2D eigenvalue weighted by molar-refractivity contribution is 0.199. The molecule has 5 heteroatoms. The molecule has 0 aliphatic rings. The lowest BCUT2D eigenvalue weighted by Gasteiger charge is -2.09. The average molecular weight is 431 g/mol. The van der Waals surface area contributed by atoms with E-state index in [1.165, 1.54) is 15.4 Å². The summed E-state index contributed by atoms with van der Waals surface area (Å²) >= 11 is 8.86. The molecule has 2 aromatic carbocycles. The second kappa shape index (κ2) is 8.96. The molecule has 0 saturated heterocycles. The zero-order chi connectivity index (χ0) is 15.1. The number of methoxy groups -OCH3 is 1. The van der Waals surface area contributed by atoms with Gasteiger partial charge in [-0.25, -0.2) is 0 Å². The SMILES string of the molecule is COCCNCc1ccc(Sc2ccc(Br)cc2)cc1Br. The third-order valence-corrected chi connectivity index (χ3v) is 5.14. The van der Waals surface area contributed by atoms with Crippen LogP contribution < -0.4 is 5.32 Å². The molecule has 0 radical (unpaired) electrons. The first-order valence-corrected chi connectivity index (χ1v) is 9.01. The normalized spacial score (nSPS) is 10.8. The number of nitrogens with one attached hydrogen (secondary N) is 1. The Bertz CT molecular complexity index is 575. The first kappa shape index (κ1) is 17.0. The van der Waals surface area contributed by atoms with Crippen molar-refractivity contribution in [3.8, 4) is 0 Å². The number of ether oxygens (including phenoxy) is 1. The topological polar surface area (TPSA) is 21.3 Å². The van der Waals surface area contributed by atoms with Crippen LogP contribution >= 0.6 is 43.6 Å². The van der Waals surface area contributed by atoms with Gasteiger partial charge < -0.3 is 10.1 Å². The summed E-state index contributed by atoms with van der Waals surface area (Å²) in [7, 11) is 1.71. The maximum absolute atomic E-state index is 5.02. The van der Waals surface area contributed by atoms with Crippen molar-refractivity contribution in [3.63, 3.8) is 0 Å². The molecule has 112 valence electrons. The summed E-state index contributed by atoms with van der Waals surface area (Å²) in [5, 5.41) is 3.35. The van der Waals surface area contributed by atoms with Crippen LogP contribution in [0.15, 0.2) is 61.2 Å². The Morgan fingerprint density at radius 2 is 1.76 bits per heavy atom. The molecule has 0 atom stereocenters. The van der Waals surface area contributed by atoms with E-state index in [2.05, 4.69) is 79.6 Å². The molecule has 0 aromatic heterocycles. The van der Waals surface area contributed by atoms with Crippen molar-refractivity contribution in [2.75, 3.05) is 20.3 Å². The zero-order valence-electron chi connectivity index (χ0n) is 11.7. The van der Waals surface area contributed by atoms with Crippen LogP contribution in [0.25, 0.3) is 0 Å². The Labute approximate surface area is 146 Å². The molecule has 0 bridgehead atoms. The fraction of sp³-hybridized carbons (Fsp3) is 0.250. The van der Waals surface area contributed by atoms with E-state index < -0.39 is 0 Å². The molecule has 0 spiro atoms. The van der Waals surface area contributed by atoms with E-state index in [0.29, 0.717) is 0 Å². The fourth-order valence-electron chi connectivity index (χ4n) is 1.77. The van der Waals surface area contributed by atoms with E-state index in [9.17, 15) is 0 Å². The minimum Gasteiger partial charge on any atom is -0.383 e. The predicted octanol–water partition coefficient (Wildman–Crippen LogP) is 5.10. The van der Waals surface area contributed by atoms with Gasteiger partial charge in [0.2, 0.25) is 0 Å². The van der Waals surface area contributed by atoms with Crippen LogP contribution in [-0.4, -0.2) is 20.3 Å². The summed E-state index contributed by atoms with van der Waals surface area (Å²) in [6, 6.07) is 14.8. The molecule has 2 rings (SSSR count). The Kier molecular flexibility index (Phi) is 7.26. The van der Waals surface area contributed by atoms with E-state index in [1.807, 2.05) is 0 Å². The van der Waals surface area contributed by atoms with Crippen LogP contribution in [0.4, 0.5) is 0 Å². The van der Waals surface area contributed by atoms with Crippen molar-refractivity contribution in [2.24, 2.45) is 0 Å². The van der Waals surface area contributed by atoms with Gasteiger partial charge in [-0.05, 0) is 42.0 Å². The second-order valence-electron chi connectivity index (χ2n) is 4.48. The summed E-state index contributed by atoms with van der Waals surface area (Å²) in [6.07, 6.45) is 0. The second-order valence-corrected chi connectivity index (χ2v) is 7.40. The van der Waals surface area contributed by atoms with Crippen molar-refractivity contribution >= 4 is 43.6 Å². The van der Waals surface area contributed by atoms with E-state index in [-0.39, 0.29) is 0 Å². The molecule has 2 nitrogen and oxygen atoms in total. The molecular weight excluding hydrogens is 414 g/mol. The summed E-state index contributed by atoms with van der Waals surface area (Å²) in [5.74, 6) is 0. The molecule has 0 fully saturated rings. The molecule has 0 saturated carbocycles. The Morgan fingerprint density at radius 3 is 2.43 bits per heavy atom. The quantitative estimate of drug-likeness (QED) is 0.617. The summed E-state index contributed by atoms with van der Waals surface area (Å²) < 4.78 is 7.26. The number of rotatable bonds is 7. The minimum atomic E-state index is 0.731. The monoisotopic (exact) mass is 429 g/mol. The molecule has 0 amide bonds. The van der Waals surface area contributed by atoms with E-state index in [0.717, 1.165) is 28.6 Å². The van der Waals surface area contributed by atoms with Crippen molar-refractivity contribution in [1.82, 2.24) is 5.32 Å². The number of benzene rings is 2. The Morgan fingerprint density at radius 1 is 1.05 bits per heavy atom. The highest BCUT2D eigenvalue weighted by atomic mass is 79.9. The first-order valence-electron chi connectivity index (χ1n) is 6.60. The van der Waals surface area contributed by atoms with Gasteiger partial charge in [-0.1, -0.05) is 49.7 Å². The van der Waals surface area contributed by atoms with E-state index in [4.69, 9.17) is 4.74 Å². The van der Waals surface area contributed by atoms with Gasteiger partial charge in [-0.15, -0.1) is 0 Å². The van der Waals surface area contributed by atoms with E-state index in [1.54, 1.807) is 18.9 Å². The van der Waals surface area contributed by atoms with Crippen LogP contribution in [0.2, 0.25) is 0 Å². The highest BCUT2D eigenvalue weighted by molar-refractivity contribution is 9.10. The first-order chi connectivity index (χ1) is 10.2. The van der Waals surface area contributed by atoms with Gasteiger partial charge in [0.05, 0.1) is 6.61 Å². The molecular formula is C16H17Br2NOS. The maximum Gasteiger partial charge on any atom is 0.0587 e. The summed E-state index contributed by atoms with van der Waals surface area (Å²) in [4.78, 5) is 2.46. The average Bonchev–Trinajstić information content (AvgIpc) is 2.48. The van der Waals surface area contributed by atoms with E-state index >= 15 is 0 Å². The number of hydrogen-bond acceptors (Lipinski definition) is 3. The third kappa shape index (κ3) is 5.75. The van der Waals surface area contributed by atoms with Gasteiger partial charge in [0.25, 0.3) is 0 Å². The Balaban J connectivity index is 1.96. The molecule has 0 unspecified atom stereocenters. The van der Waals surface area contributed by atoms with Crippen LogP contribution in [0.5, 0.6) is 0 Å². The van der Waals surface area contributed by atoms with Crippen LogP contribution in [0, 0.1) is 0 Å². The van der Waals surface area contributed by atoms with Gasteiger partial charge in [0.1, 0.15) is 0 Å². The van der Waals surface area contributed by atoms with Crippen molar-refractivity contribution in [3.05, 3.63) is 57.0 Å². The van der Waals surface area contributed by atoms with Crippen LogP contribution in [-0.2, 0) is 11.3 Å². The lowest BCUT2D eigenvalue weighted by atomic mass is 10.2. The summed E-state index contributed by atoms with van der Waals surface area (Å²) in [5.41, 5.74) is 1.26. The largest absolute Gasteiger partial charge is 0.383 e. The van der Waals surface area contributed by atoms with Crippen molar-refractivity contribution in [1.29, 1.82) is 0 Å². The molecule has 21 heavy (non-hydrogen) atoms. The fourth-order valence-corrected chi connectivity index (χ4v) is 3.56. The molecule has 2 aromatic rings. The summed E-state index contributed by atoms with van der Waals surface area (Å²) in [6.45, 7) is 2.43. The number of halogens is 2. The molecule has 0 aliphatic heterocycles. The standard InChI is InChI=1S/C16H17Br2NOS/c1-20-9-8-19-11-12-2-5-15(10-16(12)18)21-14-6-3-13(17)4-7-14/h2-7,10,19H,8-9,11H2,1H3. The van der Waals surface area contributed by atoms with Gasteiger partial charge in [0, 0.05) is 38.9 Å². The van der Waals surface area contributed by atoms with Gasteiger partial charge >= 0.3 is 0 Å². The highest BCUT2D eigenvalue weighted by Crippen LogP contribution is 2.31. The smallest absolute Gasteiger partial charge is 0.0587 e. The lowest BCUT2D eigenvalue weighted by Crippen LogP contribution is -2.18. The van der Waals surface area contributed by atoms with Gasteiger partial charge in [-0.2, -0.15) is 0 Å². The number of hydrogen-bond donors (Lipinski definition) is 1. The van der Waals surface area contributed by atoms with Gasteiger partial charge in [0.15, 0.2) is 0 Å². The zero-order valence-corrected chi connectivity index (χ0v) is 15.7. The van der Waals surface area contributed by atoms with Crippen LogP contribution in [0.3, 0.4) is 0 Å². The Hall–Kier alpha value is -0.330.